The van der Waals surface area contributed by atoms with Crippen LogP contribution in [0, 0.1) is 48.3 Å². The van der Waals surface area contributed by atoms with Crippen LogP contribution in [0.4, 0.5) is 11.4 Å². The first-order valence-electron chi connectivity index (χ1n) is 13.3. The maximum Gasteiger partial charge on any atom is 0.0602 e. The number of nitrogens with one attached hydrogen (secondary N) is 1. The van der Waals surface area contributed by atoms with Gasteiger partial charge in [0.25, 0.3) is 0 Å². The van der Waals surface area contributed by atoms with Gasteiger partial charge >= 0.3 is 0 Å². The van der Waals surface area contributed by atoms with E-state index in [2.05, 4.69) is 83.9 Å². The van der Waals surface area contributed by atoms with Gasteiger partial charge in [0.05, 0.1) is 11.4 Å². The number of hydrogen-bond donors (Lipinski definition) is 1. The fraction of sp³-hybridized carbons (Fsp3) is 0.793. The average molecular weight is 427 g/mol. The predicted octanol–water partition coefficient (Wildman–Crippen LogP) is 8.01. The molecule has 1 aromatic rings. The number of nitrogens with zero attached hydrogens (tertiary/aromatic N) is 1. The van der Waals surface area contributed by atoms with E-state index >= 15 is 0 Å². The monoisotopic (exact) mass is 426 g/mol. The van der Waals surface area contributed by atoms with Crippen molar-refractivity contribution in [3.8, 4) is 0 Å². The molecular formula is C29H50N2. The van der Waals surface area contributed by atoms with Crippen molar-refractivity contribution in [3.63, 3.8) is 0 Å². The molecule has 0 aromatic heterocycles. The minimum absolute atomic E-state index is 0.573. The van der Waals surface area contributed by atoms with Crippen LogP contribution in [0.5, 0.6) is 0 Å². The Bertz CT molecular complexity index is 676. The van der Waals surface area contributed by atoms with Crippen molar-refractivity contribution in [2.24, 2.45) is 41.4 Å². The zero-order valence-corrected chi connectivity index (χ0v) is 21.7. The molecule has 3 rings (SSSR count). The highest BCUT2D eigenvalue weighted by atomic mass is 15.1. The molecule has 4 unspecified atom stereocenters. The normalized spacial score (nSPS) is 31.8. The molecule has 2 heteroatoms. The molecule has 31 heavy (non-hydrogen) atoms. The lowest BCUT2D eigenvalue weighted by atomic mass is 9.60. The summed E-state index contributed by atoms with van der Waals surface area (Å²) in [6.07, 6.45) is 8.70. The zero-order chi connectivity index (χ0) is 22.7. The number of hydrogen-bond acceptors (Lipinski definition) is 2. The van der Waals surface area contributed by atoms with Crippen molar-refractivity contribution >= 4 is 11.4 Å². The molecule has 2 fully saturated rings. The number of aryl methyl sites for hydroxylation is 1. The lowest BCUT2D eigenvalue weighted by Crippen LogP contribution is -2.48. The van der Waals surface area contributed by atoms with Gasteiger partial charge in [-0.05, 0) is 92.2 Å². The second-order valence-electron chi connectivity index (χ2n) is 11.8. The second-order valence-corrected chi connectivity index (χ2v) is 11.8. The lowest BCUT2D eigenvalue weighted by molar-refractivity contribution is 0.0577. The molecule has 4 atom stereocenters. The summed E-state index contributed by atoms with van der Waals surface area (Å²) < 4.78 is 0. The summed E-state index contributed by atoms with van der Waals surface area (Å²) in [6.45, 7) is 17.9. The van der Waals surface area contributed by atoms with Gasteiger partial charge in [0.1, 0.15) is 0 Å². The van der Waals surface area contributed by atoms with Crippen molar-refractivity contribution in [2.75, 3.05) is 23.8 Å². The first-order valence-corrected chi connectivity index (χ1v) is 13.3. The van der Waals surface area contributed by atoms with Gasteiger partial charge in [0.15, 0.2) is 0 Å². The third-order valence-electron chi connectivity index (χ3n) is 8.79. The van der Waals surface area contributed by atoms with Gasteiger partial charge in [-0.15, -0.1) is 0 Å². The summed E-state index contributed by atoms with van der Waals surface area (Å²) in [4.78, 5) is 2.39. The van der Waals surface area contributed by atoms with E-state index in [1.54, 1.807) is 0 Å². The predicted molar refractivity (Wildman–Crippen MR) is 138 cm³/mol. The van der Waals surface area contributed by atoms with E-state index in [1.807, 2.05) is 0 Å². The smallest absolute Gasteiger partial charge is 0.0602 e. The molecule has 0 bridgehead atoms. The van der Waals surface area contributed by atoms with Crippen molar-refractivity contribution < 1.29 is 0 Å². The molecule has 2 saturated carbocycles. The Labute approximate surface area is 193 Å². The summed E-state index contributed by atoms with van der Waals surface area (Å²) in [6, 6.07) is 7.54. The lowest BCUT2D eigenvalue weighted by Gasteiger charge is -2.49. The number of benzene rings is 1. The minimum atomic E-state index is 0.573. The Morgan fingerprint density at radius 2 is 1.61 bits per heavy atom. The van der Waals surface area contributed by atoms with E-state index in [1.165, 1.54) is 55.5 Å². The van der Waals surface area contributed by atoms with Crippen molar-refractivity contribution in [1.82, 2.24) is 0 Å². The Balaban J connectivity index is 1.88. The summed E-state index contributed by atoms with van der Waals surface area (Å²) in [5.74, 6) is 5.78. The molecule has 0 spiro atoms. The summed E-state index contributed by atoms with van der Waals surface area (Å²) >= 11 is 0. The number of rotatable bonds is 7. The Morgan fingerprint density at radius 3 is 2.16 bits per heavy atom. The van der Waals surface area contributed by atoms with E-state index in [-0.39, 0.29) is 0 Å². The van der Waals surface area contributed by atoms with Crippen molar-refractivity contribution in [2.45, 2.75) is 93.0 Å². The standard InChI is InChI=1S/C29H50N2/c1-9-31(8)28-16-22(7)13-14-27(28)30-29-25(19(2)3)17-24(18-26(29)20(4)5)23-12-10-11-21(6)15-23/h13-14,16,19-21,23-26,29-30H,9-12,15,17-18H2,1-8H3. The second kappa shape index (κ2) is 10.6. The first-order chi connectivity index (χ1) is 14.7. The van der Waals surface area contributed by atoms with Crippen LogP contribution in [0.1, 0.15) is 85.6 Å². The summed E-state index contributed by atoms with van der Waals surface area (Å²) in [7, 11) is 2.22. The van der Waals surface area contributed by atoms with E-state index in [0.29, 0.717) is 6.04 Å². The van der Waals surface area contributed by atoms with E-state index in [4.69, 9.17) is 0 Å². The largest absolute Gasteiger partial charge is 0.380 e. The third-order valence-corrected chi connectivity index (χ3v) is 8.79. The molecule has 2 aliphatic rings. The van der Waals surface area contributed by atoms with E-state index in [9.17, 15) is 0 Å². The molecule has 2 nitrogen and oxygen atoms in total. The van der Waals surface area contributed by atoms with Gasteiger partial charge in [0.2, 0.25) is 0 Å². The highest BCUT2D eigenvalue weighted by Gasteiger charge is 2.43. The van der Waals surface area contributed by atoms with E-state index in [0.717, 1.165) is 48.0 Å². The van der Waals surface area contributed by atoms with Crippen molar-refractivity contribution in [3.05, 3.63) is 23.8 Å². The SMILES string of the molecule is CCN(C)c1cc(C)ccc1NC1C(C(C)C)CC(C2CCCC(C)C2)CC1C(C)C. The molecule has 0 aliphatic heterocycles. The van der Waals surface area contributed by atoms with Crippen molar-refractivity contribution in [1.29, 1.82) is 0 Å². The molecule has 176 valence electrons. The van der Waals surface area contributed by atoms with Crippen LogP contribution < -0.4 is 10.2 Å². The number of anilines is 2. The molecule has 1 aromatic carbocycles. The van der Waals surface area contributed by atoms with Crippen LogP contribution in [0.3, 0.4) is 0 Å². The van der Waals surface area contributed by atoms with Gasteiger partial charge in [-0.25, -0.2) is 0 Å². The summed E-state index contributed by atoms with van der Waals surface area (Å²) in [5, 5.41) is 4.15. The quantitative estimate of drug-likeness (QED) is 0.475. The average Bonchev–Trinajstić information content (AvgIpc) is 2.74. The van der Waals surface area contributed by atoms with Gasteiger partial charge < -0.3 is 10.2 Å². The molecule has 0 amide bonds. The Morgan fingerprint density at radius 1 is 0.968 bits per heavy atom. The first kappa shape index (κ1) is 24.5. The van der Waals surface area contributed by atoms with Gasteiger partial charge in [-0.3, -0.25) is 0 Å². The minimum Gasteiger partial charge on any atom is -0.380 e. The molecule has 0 heterocycles. The molecule has 0 radical (unpaired) electrons. The van der Waals surface area contributed by atoms with Crippen LogP contribution >= 0.6 is 0 Å². The van der Waals surface area contributed by atoms with Crippen LogP contribution in [0.15, 0.2) is 18.2 Å². The third kappa shape index (κ3) is 5.79. The maximum atomic E-state index is 4.15. The molecular weight excluding hydrogens is 376 g/mol. The van der Waals surface area contributed by atoms with Gasteiger partial charge in [-0.2, -0.15) is 0 Å². The fourth-order valence-corrected chi connectivity index (χ4v) is 6.72. The maximum absolute atomic E-state index is 4.15. The van der Waals surface area contributed by atoms with Crippen LogP contribution in [-0.4, -0.2) is 19.6 Å². The molecule has 2 aliphatic carbocycles. The summed E-state index contributed by atoms with van der Waals surface area (Å²) in [5.41, 5.74) is 4.04. The topological polar surface area (TPSA) is 15.3 Å². The zero-order valence-electron chi connectivity index (χ0n) is 21.7. The van der Waals surface area contributed by atoms with Gasteiger partial charge in [0, 0.05) is 19.6 Å². The highest BCUT2D eigenvalue weighted by Crippen LogP contribution is 2.48. The van der Waals surface area contributed by atoms with E-state index < -0.39 is 0 Å². The highest BCUT2D eigenvalue weighted by molar-refractivity contribution is 5.71. The van der Waals surface area contributed by atoms with Gasteiger partial charge in [-0.1, -0.05) is 59.9 Å². The van der Waals surface area contributed by atoms with Crippen LogP contribution in [0.2, 0.25) is 0 Å². The van der Waals surface area contributed by atoms with Crippen LogP contribution in [0.25, 0.3) is 0 Å². The Hall–Kier alpha value is -1.18. The molecule has 0 saturated heterocycles. The Kier molecular flexibility index (Phi) is 8.38. The molecule has 1 N–H and O–H groups in total. The van der Waals surface area contributed by atoms with Crippen LogP contribution in [-0.2, 0) is 0 Å². The fourth-order valence-electron chi connectivity index (χ4n) is 6.72.